The summed E-state index contributed by atoms with van der Waals surface area (Å²) in [4.78, 5) is 3.45. The summed E-state index contributed by atoms with van der Waals surface area (Å²) in [6, 6.07) is 17.4. The van der Waals surface area contributed by atoms with Crippen LogP contribution in [0, 0.1) is 18.3 Å². The van der Waals surface area contributed by atoms with Crippen LogP contribution in [-0.4, -0.2) is 22.8 Å². The van der Waals surface area contributed by atoms with Gasteiger partial charge in [-0.25, -0.2) is 0 Å². The Morgan fingerprint density at radius 3 is 2.69 bits per heavy atom. The van der Waals surface area contributed by atoms with Gasteiger partial charge in [0, 0.05) is 34.9 Å². The molecule has 3 aliphatic rings. The summed E-state index contributed by atoms with van der Waals surface area (Å²) in [6.45, 7) is 4.92. The van der Waals surface area contributed by atoms with Crippen LogP contribution in [0.4, 0.5) is 0 Å². The lowest BCUT2D eigenvalue weighted by molar-refractivity contribution is 0.0794. The van der Waals surface area contributed by atoms with Gasteiger partial charge < -0.3 is 14.8 Å². The maximum absolute atomic E-state index is 10.5. The van der Waals surface area contributed by atoms with E-state index in [1.54, 1.807) is 0 Å². The van der Waals surface area contributed by atoms with E-state index in [0.717, 1.165) is 0 Å². The highest BCUT2D eigenvalue weighted by atomic mass is 16.5. The van der Waals surface area contributed by atoms with Gasteiger partial charge in [0.05, 0.1) is 18.1 Å². The number of ether oxygens (including phenoxy) is 1. The number of aromatic nitrogens is 1. The molecule has 2 N–H and O–H groups in total. The lowest BCUT2D eigenvalue weighted by Gasteiger charge is -2.31. The molecular formula is C26H25NO2. The number of H-pyrrole nitrogens is 1. The molecule has 0 amide bonds. The van der Waals surface area contributed by atoms with E-state index >= 15 is 0 Å². The molecule has 3 nitrogen and oxygen atoms in total. The standard InChI is InChI=1S/C26H25NO2/c1-15-7-9-16(10-8-15)23-18-11-12-22(28)26(2)24(18)25(26)29-14-20(23)19-13-27-21-6-4-3-5-17(19)21/h3-13,20,23-25,27-28H,14H2,1-2H3. The van der Waals surface area contributed by atoms with Crippen LogP contribution in [0.25, 0.3) is 10.9 Å². The molecule has 0 radical (unpaired) electrons. The lowest BCUT2D eigenvalue weighted by Crippen LogP contribution is -2.23. The fourth-order valence-electron chi connectivity index (χ4n) is 5.73. The number of aliphatic hydroxyl groups excluding tert-OH is 1. The molecule has 1 aromatic heterocycles. The van der Waals surface area contributed by atoms with Gasteiger partial charge in [-0.05, 0) is 37.1 Å². The number of allylic oxidation sites excluding steroid dienone is 2. The molecule has 2 aliphatic carbocycles. The van der Waals surface area contributed by atoms with Crippen LogP contribution in [0.15, 0.2) is 78.2 Å². The molecule has 29 heavy (non-hydrogen) atoms. The maximum Gasteiger partial charge on any atom is 0.101 e. The topological polar surface area (TPSA) is 45.2 Å². The minimum absolute atomic E-state index is 0.0654. The fraction of sp³-hybridized carbons (Fsp3) is 0.308. The van der Waals surface area contributed by atoms with Crippen molar-refractivity contribution in [3.05, 3.63) is 94.9 Å². The van der Waals surface area contributed by atoms with E-state index in [0.29, 0.717) is 12.4 Å². The Labute approximate surface area is 170 Å². The van der Waals surface area contributed by atoms with Gasteiger partial charge in [0.25, 0.3) is 0 Å². The molecule has 2 aromatic carbocycles. The average Bonchev–Trinajstić information content (AvgIpc) is 3.20. The lowest BCUT2D eigenvalue weighted by atomic mass is 9.73. The molecule has 1 saturated heterocycles. The second-order valence-electron chi connectivity index (χ2n) is 9.02. The smallest absolute Gasteiger partial charge is 0.101 e. The Morgan fingerprint density at radius 1 is 1.07 bits per heavy atom. The number of hydrogen-bond acceptors (Lipinski definition) is 2. The molecule has 3 heteroatoms. The molecule has 5 atom stereocenters. The third-order valence-corrected chi connectivity index (χ3v) is 7.45. The summed E-state index contributed by atoms with van der Waals surface area (Å²) in [5.41, 5.74) is 6.20. The predicted octanol–water partition coefficient (Wildman–Crippen LogP) is 5.76. The zero-order valence-electron chi connectivity index (χ0n) is 16.7. The van der Waals surface area contributed by atoms with Crippen molar-refractivity contribution < 1.29 is 9.84 Å². The molecule has 146 valence electrons. The average molecular weight is 383 g/mol. The van der Waals surface area contributed by atoms with Crippen molar-refractivity contribution in [1.82, 2.24) is 4.98 Å². The first kappa shape index (κ1) is 17.1. The van der Waals surface area contributed by atoms with Gasteiger partial charge in [-0.1, -0.05) is 59.7 Å². The van der Waals surface area contributed by atoms with Gasteiger partial charge >= 0.3 is 0 Å². The van der Waals surface area contributed by atoms with E-state index in [-0.39, 0.29) is 29.3 Å². The van der Waals surface area contributed by atoms with Gasteiger partial charge in [-0.3, -0.25) is 0 Å². The first-order valence-corrected chi connectivity index (χ1v) is 10.4. The summed E-state index contributed by atoms with van der Waals surface area (Å²) >= 11 is 0. The number of aryl methyl sites for hydroxylation is 1. The first-order valence-electron chi connectivity index (χ1n) is 10.4. The molecule has 6 rings (SSSR count). The number of nitrogens with one attached hydrogen (secondary N) is 1. The minimum atomic E-state index is -0.266. The van der Waals surface area contributed by atoms with Crippen LogP contribution in [0.2, 0.25) is 0 Å². The summed E-state index contributed by atoms with van der Waals surface area (Å²) in [5.74, 6) is 1.18. The Hall–Kier alpha value is -2.78. The van der Waals surface area contributed by atoms with Crippen molar-refractivity contribution in [2.75, 3.05) is 6.61 Å². The second-order valence-corrected chi connectivity index (χ2v) is 9.02. The number of hydrogen-bond donors (Lipinski definition) is 2. The summed E-state index contributed by atoms with van der Waals surface area (Å²) in [6.07, 6.45) is 6.28. The molecule has 1 aliphatic heterocycles. The normalized spacial score (nSPS) is 32.9. The van der Waals surface area contributed by atoms with Crippen LogP contribution in [-0.2, 0) is 4.74 Å². The maximum atomic E-state index is 10.5. The molecular weight excluding hydrogens is 358 g/mol. The van der Waals surface area contributed by atoms with Crippen molar-refractivity contribution in [3.8, 4) is 0 Å². The highest BCUT2D eigenvalue weighted by Crippen LogP contribution is 2.68. The first-order chi connectivity index (χ1) is 14.1. The third-order valence-electron chi connectivity index (χ3n) is 7.45. The molecule has 3 aromatic rings. The Balaban J connectivity index is 1.55. The molecule has 1 saturated carbocycles. The highest BCUT2D eigenvalue weighted by molar-refractivity contribution is 5.84. The van der Waals surface area contributed by atoms with Crippen LogP contribution in [0.3, 0.4) is 0 Å². The van der Waals surface area contributed by atoms with Gasteiger partial charge in [0.15, 0.2) is 0 Å². The number of rotatable bonds is 2. The van der Waals surface area contributed by atoms with Crippen molar-refractivity contribution in [1.29, 1.82) is 0 Å². The summed E-state index contributed by atoms with van der Waals surface area (Å²) in [7, 11) is 0. The van der Waals surface area contributed by atoms with Crippen molar-refractivity contribution in [2.24, 2.45) is 11.3 Å². The number of aromatic amines is 1. The minimum Gasteiger partial charge on any atom is -0.512 e. The molecule has 2 fully saturated rings. The van der Waals surface area contributed by atoms with Gasteiger partial charge in [0.2, 0.25) is 0 Å². The predicted molar refractivity (Wildman–Crippen MR) is 115 cm³/mol. The van der Waals surface area contributed by atoms with E-state index < -0.39 is 0 Å². The quantitative estimate of drug-likeness (QED) is 0.591. The van der Waals surface area contributed by atoms with Crippen molar-refractivity contribution >= 4 is 10.9 Å². The Bertz CT molecular complexity index is 1170. The van der Waals surface area contributed by atoms with E-state index in [2.05, 4.69) is 79.6 Å². The van der Waals surface area contributed by atoms with Crippen LogP contribution in [0.1, 0.15) is 35.4 Å². The number of aliphatic hydroxyl groups is 1. The van der Waals surface area contributed by atoms with E-state index in [9.17, 15) is 5.11 Å². The Kier molecular flexibility index (Phi) is 3.46. The summed E-state index contributed by atoms with van der Waals surface area (Å²) < 4.78 is 6.47. The Morgan fingerprint density at radius 2 is 1.86 bits per heavy atom. The molecule has 0 bridgehead atoms. The van der Waals surface area contributed by atoms with Crippen LogP contribution >= 0.6 is 0 Å². The largest absolute Gasteiger partial charge is 0.512 e. The molecule has 2 heterocycles. The molecule has 5 unspecified atom stereocenters. The van der Waals surface area contributed by atoms with Crippen molar-refractivity contribution in [2.45, 2.75) is 31.8 Å². The zero-order chi connectivity index (χ0) is 19.8. The number of benzene rings is 2. The van der Waals surface area contributed by atoms with Crippen LogP contribution < -0.4 is 0 Å². The monoisotopic (exact) mass is 383 g/mol. The van der Waals surface area contributed by atoms with Gasteiger partial charge in [-0.2, -0.15) is 0 Å². The molecule has 0 spiro atoms. The van der Waals surface area contributed by atoms with E-state index in [1.165, 1.54) is 33.2 Å². The fourth-order valence-corrected chi connectivity index (χ4v) is 5.73. The van der Waals surface area contributed by atoms with Gasteiger partial charge in [-0.15, -0.1) is 0 Å². The number of fused-ring (bicyclic) bond motifs is 2. The summed E-state index contributed by atoms with van der Waals surface area (Å²) in [5, 5.41) is 11.8. The number of para-hydroxylation sites is 1. The van der Waals surface area contributed by atoms with E-state index in [4.69, 9.17) is 4.74 Å². The van der Waals surface area contributed by atoms with Crippen LogP contribution in [0.5, 0.6) is 0 Å². The highest BCUT2D eigenvalue weighted by Gasteiger charge is 2.69. The second kappa shape index (κ2) is 5.87. The van der Waals surface area contributed by atoms with Gasteiger partial charge in [0.1, 0.15) is 5.76 Å². The van der Waals surface area contributed by atoms with E-state index in [1.807, 2.05) is 6.08 Å². The SMILES string of the molecule is Cc1ccc(C2C3=CC=C(O)C4(C)C(OCC2c2c[nH]c5ccccc25)C34)cc1. The zero-order valence-corrected chi connectivity index (χ0v) is 16.7. The third kappa shape index (κ3) is 2.28. The van der Waals surface area contributed by atoms with Crippen molar-refractivity contribution in [3.63, 3.8) is 0 Å².